The number of carbonyl (C=O) groups excluding carboxylic acids is 1. The van der Waals surface area contributed by atoms with Gasteiger partial charge in [-0.15, -0.1) is 6.58 Å². The molecule has 1 aromatic rings. The number of benzene rings is 1. The molecule has 0 unspecified atom stereocenters. The lowest BCUT2D eigenvalue weighted by atomic mass is 10.2. The summed E-state index contributed by atoms with van der Waals surface area (Å²) in [6, 6.07) is 3.63. The molecule has 2 nitrogen and oxygen atoms in total. The van der Waals surface area contributed by atoms with Crippen molar-refractivity contribution in [3.8, 4) is 0 Å². The average Bonchev–Trinajstić information content (AvgIpc) is 2.14. The highest BCUT2D eigenvalue weighted by Crippen LogP contribution is 2.16. The Bertz CT molecular complexity index is 365. The fourth-order valence-electron chi connectivity index (χ4n) is 0.934. The number of hydrogen-bond donors (Lipinski definition) is 1. The molecule has 1 aromatic carbocycles. The number of amides is 1. The van der Waals surface area contributed by atoms with E-state index in [4.69, 9.17) is 11.6 Å². The van der Waals surface area contributed by atoms with Crippen molar-refractivity contribution in [2.45, 2.75) is 0 Å². The Balaban J connectivity index is 2.84. The maximum Gasteiger partial charge on any atom is 0.253 e. The van der Waals surface area contributed by atoms with Crippen molar-refractivity contribution in [3.05, 3.63) is 47.3 Å². The van der Waals surface area contributed by atoms with Crippen LogP contribution in [0.1, 0.15) is 10.4 Å². The minimum Gasteiger partial charge on any atom is -0.349 e. The van der Waals surface area contributed by atoms with Gasteiger partial charge >= 0.3 is 0 Å². The largest absolute Gasteiger partial charge is 0.349 e. The summed E-state index contributed by atoms with van der Waals surface area (Å²) in [4.78, 5) is 11.4. The predicted octanol–water partition coefficient (Wildman–Crippen LogP) is 2.39. The highest BCUT2D eigenvalue weighted by atomic mass is 35.5. The molecular weight excluding hydrogens is 205 g/mol. The van der Waals surface area contributed by atoms with Gasteiger partial charge in [-0.3, -0.25) is 4.79 Å². The van der Waals surface area contributed by atoms with Crippen molar-refractivity contribution in [2.75, 3.05) is 6.54 Å². The summed E-state index contributed by atoms with van der Waals surface area (Å²) >= 11 is 5.68. The van der Waals surface area contributed by atoms with E-state index < -0.39 is 5.82 Å². The van der Waals surface area contributed by atoms with E-state index in [1.165, 1.54) is 12.1 Å². The van der Waals surface area contributed by atoms with Crippen LogP contribution < -0.4 is 5.32 Å². The van der Waals surface area contributed by atoms with Gasteiger partial charge in [0, 0.05) is 6.54 Å². The molecule has 0 aliphatic carbocycles. The molecule has 1 N–H and O–H groups in total. The Morgan fingerprint density at radius 1 is 1.64 bits per heavy atom. The number of carbonyl (C=O) groups is 1. The van der Waals surface area contributed by atoms with Gasteiger partial charge in [0.05, 0.1) is 10.6 Å². The van der Waals surface area contributed by atoms with Crippen LogP contribution in [0.2, 0.25) is 5.02 Å². The van der Waals surface area contributed by atoms with E-state index in [-0.39, 0.29) is 16.5 Å². The van der Waals surface area contributed by atoms with E-state index in [1.54, 1.807) is 6.08 Å². The van der Waals surface area contributed by atoms with Crippen molar-refractivity contribution < 1.29 is 9.18 Å². The lowest BCUT2D eigenvalue weighted by Gasteiger charge is -2.03. The molecule has 0 aliphatic heterocycles. The zero-order chi connectivity index (χ0) is 10.6. The molecule has 0 fully saturated rings. The molecule has 1 amide bonds. The van der Waals surface area contributed by atoms with Crippen LogP contribution in [0.25, 0.3) is 0 Å². The van der Waals surface area contributed by atoms with Gasteiger partial charge in [0.1, 0.15) is 5.82 Å². The summed E-state index contributed by atoms with van der Waals surface area (Å²) in [5.41, 5.74) is 0.259. The summed E-state index contributed by atoms with van der Waals surface area (Å²) < 4.78 is 12.6. The first-order valence-corrected chi connectivity index (χ1v) is 4.37. The van der Waals surface area contributed by atoms with Crippen molar-refractivity contribution in [3.63, 3.8) is 0 Å². The van der Waals surface area contributed by atoms with Crippen LogP contribution in [0.5, 0.6) is 0 Å². The van der Waals surface area contributed by atoms with Gasteiger partial charge in [-0.25, -0.2) is 4.39 Å². The predicted molar refractivity (Wildman–Crippen MR) is 53.9 cm³/mol. The molecule has 0 radical (unpaired) electrons. The molecule has 74 valence electrons. The third-order valence-electron chi connectivity index (χ3n) is 1.58. The van der Waals surface area contributed by atoms with E-state index in [9.17, 15) is 9.18 Å². The number of hydrogen-bond acceptors (Lipinski definition) is 1. The summed E-state index contributed by atoms with van der Waals surface area (Å²) in [7, 11) is 0. The lowest BCUT2D eigenvalue weighted by molar-refractivity contribution is 0.0958. The Labute approximate surface area is 86.4 Å². The van der Waals surface area contributed by atoms with Gasteiger partial charge in [-0.1, -0.05) is 17.7 Å². The molecule has 0 atom stereocenters. The van der Waals surface area contributed by atoms with Gasteiger partial charge in [0.25, 0.3) is 5.91 Å². The summed E-state index contributed by atoms with van der Waals surface area (Å²) in [6.07, 6.45) is 1.55. The Kier molecular flexibility index (Phi) is 3.65. The van der Waals surface area contributed by atoms with Crippen LogP contribution in [0.3, 0.4) is 0 Å². The molecule has 0 saturated carbocycles. The Morgan fingerprint density at radius 3 is 2.93 bits per heavy atom. The molecule has 0 aromatic heterocycles. The van der Waals surface area contributed by atoms with Crippen LogP contribution in [0.4, 0.5) is 4.39 Å². The molecule has 1 rings (SSSR count). The first kappa shape index (κ1) is 10.7. The Morgan fingerprint density at radius 2 is 2.36 bits per heavy atom. The van der Waals surface area contributed by atoms with E-state index in [1.807, 2.05) is 0 Å². The van der Waals surface area contributed by atoms with E-state index in [0.717, 1.165) is 6.07 Å². The fraction of sp³-hybridized carbons (Fsp3) is 0.100. The van der Waals surface area contributed by atoms with Gasteiger partial charge in [0.2, 0.25) is 0 Å². The van der Waals surface area contributed by atoms with Crippen LogP contribution in [-0.2, 0) is 0 Å². The standard InChI is InChI=1S/C10H9ClFNO/c1-2-5-13-10(14)8-4-3-7(12)6-9(8)11/h2-4,6H,1,5H2,(H,13,14). The molecule has 0 heterocycles. The first-order valence-electron chi connectivity index (χ1n) is 3.99. The van der Waals surface area contributed by atoms with Gasteiger partial charge in [-0.05, 0) is 18.2 Å². The second-order valence-corrected chi connectivity index (χ2v) is 3.03. The summed E-state index contributed by atoms with van der Waals surface area (Å²) in [5.74, 6) is -0.801. The molecule has 0 aliphatic rings. The van der Waals surface area contributed by atoms with Gasteiger partial charge in [-0.2, -0.15) is 0 Å². The lowest BCUT2D eigenvalue weighted by Crippen LogP contribution is -2.23. The minimum absolute atomic E-state index is 0.103. The van der Waals surface area contributed by atoms with Gasteiger partial charge in [0.15, 0.2) is 0 Å². The maximum atomic E-state index is 12.6. The van der Waals surface area contributed by atoms with E-state index in [2.05, 4.69) is 11.9 Å². The quantitative estimate of drug-likeness (QED) is 0.768. The number of rotatable bonds is 3. The van der Waals surface area contributed by atoms with E-state index >= 15 is 0 Å². The zero-order valence-corrected chi connectivity index (χ0v) is 8.14. The summed E-state index contributed by atoms with van der Waals surface area (Å²) in [6.45, 7) is 3.81. The van der Waals surface area contributed by atoms with Crippen molar-refractivity contribution in [1.82, 2.24) is 5.32 Å². The fourth-order valence-corrected chi connectivity index (χ4v) is 1.19. The van der Waals surface area contributed by atoms with Crippen LogP contribution >= 0.6 is 11.6 Å². The smallest absolute Gasteiger partial charge is 0.253 e. The molecular formula is C10H9ClFNO. The maximum absolute atomic E-state index is 12.6. The summed E-state index contributed by atoms with van der Waals surface area (Å²) in [5, 5.41) is 2.65. The SMILES string of the molecule is C=CCNC(=O)c1ccc(F)cc1Cl. The molecule has 14 heavy (non-hydrogen) atoms. The monoisotopic (exact) mass is 213 g/mol. The van der Waals surface area contributed by atoms with Crippen LogP contribution in [0.15, 0.2) is 30.9 Å². The first-order chi connectivity index (χ1) is 6.65. The molecule has 4 heteroatoms. The third kappa shape index (κ3) is 2.57. The minimum atomic E-state index is -0.463. The van der Waals surface area contributed by atoms with E-state index in [0.29, 0.717) is 6.54 Å². The van der Waals surface area contributed by atoms with Crippen molar-refractivity contribution in [1.29, 1.82) is 0 Å². The van der Waals surface area contributed by atoms with Crippen molar-refractivity contribution >= 4 is 17.5 Å². The second kappa shape index (κ2) is 4.77. The Hall–Kier alpha value is -1.35. The topological polar surface area (TPSA) is 29.1 Å². The second-order valence-electron chi connectivity index (χ2n) is 2.62. The van der Waals surface area contributed by atoms with Gasteiger partial charge < -0.3 is 5.32 Å². The highest BCUT2D eigenvalue weighted by Gasteiger charge is 2.09. The molecule has 0 spiro atoms. The van der Waals surface area contributed by atoms with Crippen LogP contribution in [0, 0.1) is 5.82 Å². The molecule has 0 bridgehead atoms. The average molecular weight is 214 g/mol. The third-order valence-corrected chi connectivity index (χ3v) is 1.90. The molecule has 0 saturated heterocycles. The number of nitrogens with one attached hydrogen (secondary N) is 1. The van der Waals surface area contributed by atoms with Crippen molar-refractivity contribution in [2.24, 2.45) is 0 Å². The normalized spacial score (nSPS) is 9.57. The highest BCUT2D eigenvalue weighted by molar-refractivity contribution is 6.33. The number of halogens is 2. The van der Waals surface area contributed by atoms with Crippen LogP contribution in [-0.4, -0.2) is 12.5 Å². The zero-order valence-electron chi connectivity index (χ0n) is 7.39.